The third kappa shape index (κ3) is 2.90. The summed E-state index contributed by atoms with van der Waals surface area (Å²) >= 11 is 0. The lowest BCUT2D eigenvalue weighted by molar-refractivity contribution is -0.194. The third-order valence-electron chi connectivity index (χ3n) is 3.74. The highest BCUT2D eigenvalue weighted by atomic mass is 19.4. The van der Waals surface area contributed by atoms with Gasteiger partial charge in [-0.15, -0.1) is 5.10 Å². The summed E-state index contributed by atoms with van der Waals surface area (Å²) in [5.74, 6) is -0.883. The number of alkyl halides is 3. The van der Waals surface area contributed by atoms with Gasteiger partial charge in [0.1, 0.15) is 12.0 Å². The fraction of sp³-hybridized carbons (Fsp3) is 0.357. The number of hydrogen-bond acceptors (Lipinski definition) is 4. The molecule has 1 fully saturated rings. The van der Waals surface area contributed by atoms with E-state index in [4.69, 9.17) is 4.74 Å². The van der Waals surface area contributed by atoms with Crippen molar-refractivity contribution in [3.8, 4) is 11.7 Å². The summed E-state index contributed by atoms with van der Waals surface area (Å²) in [7, 11) is 0. The maximum atomic E-state index is 13.4. The van der Waals surface area contributed by atoms with Crippen LogP contribution in [0.2, 0.25) is 0 Å². The van der Waals surface area contributed by atoms with E-state index in [0.29, 0.717) is 6.29 Å². The van der Waals surface area contributed by atoms with Crippen molar-refractivity contribution in [2.45, 2.75) is 19.0 Å². The van der Waals surface area contributed by atoms with Crippen LogP contribution in [-0.4, -0.2) is 33.8 Å². The highest BCUT2D eigenvalue weighted by Crippen LogP contribution is 2.57. The van der Waals surface area contributed by atoms with Crippen molar-refractivity contribution in [1.29, 1.82) is 0 Å². The van der Waals surface area contributed by atoms with Crippen LogP contribution in [0, 0.1) is 11.4 Å². The van der Waals surface area contributed by atoms with E-state index in [1.54, 1.807) is 0 Å². The molecular formula is C14H11F4N3O2. The van der Waals surface area contributed by atoms with Gasteiger partial charge in [-0.2, -0.15) is 22.5 Å². The molecule has 2 aromatic heterocycles. The van der Waals surface area contributed by atoms with E-state index in [1.807, 2.05) is 0 Å². The Morgan fingerprint density at radius 1 is 1.30 bits per heavy atom. The summed E-state index contributed by atoms with van der Waals surface area (Å²) in [4.78, 5) is 14.1. The molecule has 23 heavy (non-hydrogen) atoms. The number of aromatic nitrogens is 3. The molecule has 1 saturated carbocycles. The first-order valence-corrected chi connectivity index (χ1v) is 6.72. The minimum atomic E-state index is -4.30. The number of nitrogens with zero attached hydrogens (tertiary/aromatic N) is 3. The van der Waals surface area contributed by atoms with Gasteiger partial charge >= 0.3 is 6.18 Å². The Morgan fingerprint density at radius 2 is 2.04 bits per heavy atom. The van der Waals surface area contributed by atoms with Gasteiger partial charge in [-0.3, -0.25) is 4.79 Å². The van der Waals surface area contributed by atoms with Gasteiger partial charge in [0.15, 0.2) is 12.1 Å². The maximum Gasteiger partial charge on any atom is 0.397 e. The Morgan fingerprint density at radius 3 is 2.61 bits per heavy atom. The summed E-state index contributed by atoms with van der Waals surface area (Å²) in [5.41, 5.74) is -1.98. The van der Waals surface area contributed by atoms with E-state index in [-0.39, 0.29) is 30.1 Å². The van der Waals surface area contributed by atoms with Gasteiger partial charge in [0.2, 0.25) is 11.8 Å². The summed E-state index contributed by atoms with van der Waals surface area (Å²) < 4.78 is 58.1. The molecule has 0 N–H and O–H groups in total. The topological polar surface area (TPSA) is 57.0 Å². The quantitative estimate of drug-likeness (QED) is 0.481. The van der Waals surface area contributed by atoms with Gasteiger partial charge in [-0.1, -0.05) is 0 Å². The molecule has 122 valence electrons. The predicted molar refractivity (Wildman–Crippen MR) is 69.9 cm³/mol. The standard InChI is InChI=1S/C14H11F4N3O2/c15-12-9(7-22)1-2-10(19-12)21-6-3-11(20-21)23-8-13(4-5-13)14(16,17)18/h1-3,6-7H,4-5,8H2. The van der Waals surface area contributed by atoms with Gasteiger partial charge in [0.25, 0.3) is 0 Å². The zero-order valence-electron chi connectivity index (χ0n) is 11.7. The lowest BCUT2D eigenvalue weighted by Gasteiger charge is -2.18. The zero-order valence-corrected chi connectivity index (χ0v) is 11.7. The molecule has 1 aliphatic rings. The molecule has 0 radical (unpaired) electrons. The van der Waals surface area contributed by atoms with Crippen molar-refractivity contribution in [3.63, 3.8) is 0 Å². The van der Waals surface area contributed by atoms with E-state index in [2.05, 4.69) is 10.1 Å². The summed E-state index contributed by atoms with van der Waals surface area (Å²) in [6.07, 6.45) is -2.51. The number of carbonyl (C=O) groups excluding carboxylic acids is 1. The van der Waals surface area contributed by atoms with Crippen LogP contribution in [0.5, 0.6) is 5.88 Å². The van der Waals surface area contributed by atoms with Crippen molar-refractivity contribution < 1.29 is 27.1 Å². The molecule has 5 nitrogen and oxygen atoms in total. The molecule has 0 amide bonds. The molecule has 1 aliphatic carbocycles. The monoisotopic (exact) mass is 329 g/mol. The number of ether oxygens (including phenoxy) is 1. The van der Waals surface area contributed by atoms with Crippen LogP contribution >= 0.6 is 0 Å². The van der Waals surface area contributed by atoms with E-state index >= 15 is 0 Å². The van der Waals surface area contributed by atoms with Crippen LogP contribution < -0.4 is 4.74 Å². The smallest absolute Gasteiger partial charge is 0.397 e. The van der Waals surface area contributed by atoms with Crippen LogP contribution in [0.4, 0.5) is 17.6 Å². The van der Waals surface area contributed by atoms with Crippen LogP contribution in [0.15, 0.2) is 24.4 Å². The molecule has 2 aromatic rings. The van der Waals surface area contributed by atoms with Crippen molar-refractivity contribution in [1.82, 2.24) is 14.8 Å². The number of halogens is 4. The normalized spacial score (nSPS) is 16.2. The van der Waals surface area contributed by atoms with Gasteiger partial charge in [0.05, 0.1) is 5.56 Å². The molecule has 0 atom stereocenters. The van der Waals surface area contributed by atoms with Crippen LogP contribution in [-0.2, 0) is 0 Å². The SMILES string of the molecule is O=Cc1ccc(-n2ccc(OCC3(C(F)(F)F)CC3)n2)nc1F. The first-order chi connectivity index (χ1) is 10.8. The Labute approximate surface area is 127 Å². The van der Waals surface area contributed by atoms with E-state index in [1.165, 1.54) is 24.4 Å². The Kier molecular flexibility index (Phi) is 3.57. The molecule has 2 heterocycles. The lowest BCUT2D eigenvalue weighted by Crippen LogP contribution is -2.30. The van der Waals surface area contributed by atoms with Crippen molar-refractivity contribution in [3.05, 3.63) is 35.9 Å². The predicted octanol–water partition coefficient (Wildman–Crippen LogP) is 2.94. The second-order valence-electron chi connectivity index (χ2n) is 5.33. The van der Waals surface area contributed by atoms with Crippen molar-refractivity contribution in [2.24, 2.45) is 5.41 Å². The molecular weight excluding hydrogens is 318 g/mol. The second kappa shape index (κ2) is 5.32. The number of pyridine rings is 1. The van der Waals surface area contributed by atoms with Gasteiger partial charge in [-0.05, 0) is 25.0 Å². The Balaban J connectivity index is 1.71. The third-order valence-corrected chi connectivity index (χ3v) is 3.74. The van der Waals surface area contributed by atoms with Crippen molar-refractivity contribution >= 4 is 6.29 Å². The molecule has 0 unspecified atom stereocenters. The van der Waals surface area contributed by atoms with Crippen LogP contribution in [0.1, 0.15) is 23.2 Å². The average Bonchev–Trinajstić information content (AvgIpc) is 3.16. The van der Waals surface area contributed by atoms with Crippen LogP contribution in [0.3, 0.4) is 0 Å². The lowest BCUT2D eigenvalue weighted by atomic mass is 10.1. The molecule has 0 saturated heterocycles. The maximum absolute atomic E-state index is 13.4. The van der Waals surface area contributed by atoms with Gasteiger partial charge in [0, 0.05) is 12.3 Å². The summed E-state index contributed by atoms with van der Waals surface area (Å²) in [6.45, 7) is -0.501. The number of aldehydes is 1. The fourth-order valence-electron chi connectivity index (χ4n) is 2.04. The minimum absolute atomic E-state index is 0.0119. The van der Waals surface area contributed by atoms with Gasteiger partial charge < -0.3 is 4.74 Å². The van der Waals surface area contributed by atoms with E-state index in [9.17, 15) is 22.4 Å². The van der Waals surface area contributed by atoms with Crippen molar-refractivity contribution in [2.75, 3.05) is 6.61 Å². The van der Waals surface area contributed by atoms with Gasteiger partial charge in [-0.25, -0.2) is 4.68 Å². The molecule has 0 aliphatic heterocycles. The zero-order chi connectivity index (χ0) is 16.7. The summed E-state index contributed by atoms with van der Waals surface area (Å²) in [5, 5.41) is 3.90. The molecule has 0 spiro atoms. The number of carbonyl (C=O) groups is 1. The Hall–Kier alpha value is -2.45. The molecule has 3 rings (SSSR count). The summed E-state index contributed by atoms with van der Waals surface area (Å²) in [6, 6.07) is 3.96. The first kappa shape index (κ1) is 15.4. The first-order valence-electron chi connectivity index (χ1n) is 6.72. The fourth-order valence-corrected chi connectivity index (χ4v) is 2.04. The van der Waals surface area contributed by atoms with E-state index < -0.39 is 24.1 Å². The average molecular weight is 329 g/mol. The highest BCUT2D eigenvalue weighted by Gasteiger charge is 2.63. The molecule has 0 bridgehead atoms. The second-order valence-corrected chi connectivity index (χ2v) is 5.33. The highest BCUT2D eigenvalue weighted by molar-refractivity contribution is 5.74. The number of rotatable bonds is 5. The number of hydrogen-bond donors (Lipinski definition) is 0. The minimum Gasteiger partial charge on any atom is -0.476 e. The largest absolute Gasteiger partial charge is 0.476 e. The molecule has 0 aromatic carbocycles. The van der Waals surface area contributed by atoms with Crippen LogP contribution in [0.25, 0.3) is 5.82 Å². The molecule has 9 heteroatoms. The van der Waals surface area contributed by atoms with E-state index in [0.717, 1.165) is 4.68 Å². The Bertz CT molecular complexity index is 738.